The van der Waals surface area contributed by atoms with E-state index in [4.69, 9.17) is 4.74 Å². The second kappa shape index (κ2) is 17.7. The molecule has 0 aliphatic carbocycles. The number of ether oxygens (including phenoxy) is 1. The fourth-order valence-electron chi connectivity index (χ4n) is 5.66. The highest BCUT2D eigenvalue weighted by Crippen LogP contribution is 2.44. The molecule has 2 aliphatic heterocycles. The van der Waals surface area contributed by atoms with Crippen molar-refractivity contribution in [2.75, 3.05) is 38.6 Å². The molecular formula is C30H45N5O7S. The highest BCUT2D eigenvalue weighted by Gasteiger charge is 2.54. The lowest BCUT2D eigenvalue weighted by molar-refractivity contribution is -0.149. The molecule has 2 aliphatic rings. The Hall–Kier alpha value is -3.32. The van der Waals surface area contributed by atoms with E-state index in [9.17, 15) is 29.1 Å². The molecule has 1 aromatic rings. The fourth-order valence-corrected chi connectivity index (χ4v) is 5.77. The number of nitrogens with one attached hydrogen (secondary N) is 4. The quantitative estimate of drug-likeness (QED) is 0.105. The number of hydrogen-bond donors (Lipinski definition) is 6. The predicted molar refractivity (Wildman–Crippen MR) is 163 cm³/mol. The van der Waals surface area contributed by atoms with Crippen molar-refractivity contribution >= 4 is 42.2 Å². The zero-order chi connectivity index (χ0) is 31.2. The number of rotatable bonds is 18. The molecule has 5 N–H and O–H groups in total. The smallest absolute Gasteiger partial charge is 0.246 e. The van der Waals surface area contributed by atoms with Gasteiger partial charge in [0.05, 0.1) is 24.3 Å². The van der Waals surface area contributed by atoms with Crippen LogP contribution in [0.15, 0.2) is 24.3 Å². The molecule has 0 saturated carbocycles. The standard InChI is InChI=1S/C30H45N5O7S/c1-20(37)31-12-7-4-11-24-30(41)35-25(29(40)34-24)18-23(27(35)21-9-8-10-22(17-21)42-16-15-36)28(39)33-14-6-3-2-5-13-32-26(38)19-43/h8-10,17,23-25,27,36,43H,2-7,11-16,18-19H2,1H3,(H,31,37)(H,32,38)(H,33,39)(H,34,40)/t23-,24+,25-,27-/m1/s1. The van der Waals surface area contributed by atoms with Gasteiger partial charge in [-0.05, 0) is 56.2 Å². The van der Waals surface area contributed by atoms with Crippen molar-refractivity contribution in [3.63, 3.8) is 0 Å². The number of nitrogens with zero attached hydrogens (tertiary/aromatic N) is 1. The number of amides is 5. The highest BCUT2D eigenvalue weighted by molar-refractivity contribution is 7.81. The third-order valence-corrected chi connectivity index (χ3v) is 8.01. The number of thiol groups is 1. The molecule has 238 valence electrons. The van der Waals surface area contributed by atoms with Crippen LogP contribution in [-0.4, -0.2) is 90.2 Å². The number of aliphatic hydroxyl groups excluding tert-OH is 1. The minimum Gasteiger partial charge on any atom is -0.491 e. The molecule has 2 heterocycles. The van der Waals surface area contributed by atoms with Gasteiger partial charge in [-0.3, -0.25) is 24.0 Å². The van der Waals surface area contributed by atoms with Crippen molar-refractivity contribution in [2.45, 2.75) is 76.4 Å². The van der Waals surface area contributed by atoms with E-state index < -0.39 is 24.0 Å². The highest BCUT2D eigenvalue weighted by atomic mass is 32.1. The summed E-state index contributed by atoms with van der Waals surface area (Å²) >= 11 is 3.93. The van der Waals surface area contributed by atoms with Gasteiger partial charge in [0, 0.05) is 26.6 Å². The van der Waals surface area contributed by atoms with Gasteiger partial charge in [-0.2, -0.15) is 12.6 Å². The first-order valence-corrected chi connectivity index (χ1v) is 15.8. The Kier molecular flexibility index (Phi) is 14.1. The SMILES string of the molecule is CC(=O)NCCCC[C@@H]1NC(=O)[C@H]2C[C@@H](C(=O)NCCCCCCNC(=O)CS)[C@@H](c3cccc(OCCO)c3)N2C1=O. The summed E-state index contributed by atoms with van der Waals surface area (Å²) in [4.78, 5) is 64.5. The first kappa shape index (κ1) is 34.2. The molecule has 12 nitrogen and oxygen atoms in total. The van der Waals surface area contributed by atoms with Gasteiger partial charge in [0.2, 0.25) is 29.5 Å². The average molecular weight is 620 g/mol. The van der Waals surface area contributed by atoms with Crippen molar-refractivity contribution in [3.05, 3.63) is 29.8 Å². The van der Waals surface area contributed by atoms with Gasteiger partial charge in [0.15, 0.2) is 0 Å². The molecule has 0 spiro atoms. The summed E-state index contributed by atoms with van der Waals surface area (Å²) in [5.41, 5.74) is 0.689. The van der Waals surface area contributed by atoms with Crippen molar-refractivity contribution in [2.24, 2.45) is 5.92 Å². The summed E-state index contributed by atoms with van der Waals surface area (Å²) in [6.45, 7) is 2.96. The predicted octanol–water partition coefficient (Wildman–Crippen LogP) is 0.843. The largest absolute Gasteiger partial charge is 0.491 e. The Labute approximate surface area is 258 Å². The van der Waals surface area contributed by atoms with Crippen molar-refractivity contribution in [1.82, 2.24) is 26.2 Å². The number of benzene rings is 1. The number of carbonyl (C=O) groups excluding carboxylic acids is 5. The second-order valence-electron chi connectivity index (χ2n) is 10.9. The molecular weight excluding hydrogens is 574 g/mol. The lowest BCUT2D eigenvalue weighted by atomic mass is 9.92. The van der Waals surface area contributed by atoms with E-state index in [0.717, 1.165) is 25.7 Å². The zero-order valence-corrected chi connectivity index (χ0v) is 25.7. The monoisotopic (exact) mass is 619 g/mol. The molecule has 5 amide bonds. The van der Waals surface area contributed by atoms with Crippen LogP contribution in [0, 0.1) is 5.92 Å². The Bertz CT molecular complexity index is 1120. The third-order valence-electron chi connectivity index (χ3n) is 7.72. The summed E-state index contributed by atoms with van der Waals surface area (Å²) in [7, 11) is 0. The summed E-state index contributed by atoms with van der Waals surface area (Å²) in [5.74, 6) is -0.889. The lowest BCUT2D eigenvalue weighted by Gasteiger charge is -2.38. The van der Waals surface area contributed by atoms with E-state index in [-0.39, 0.29) is 54.9 Å². The molecule has 0 unspecified atom stereocenters. The van der Waals surface area contributed by atoms with Gasteiger partial charge < -0.3 is 36.0 Å². The number of piperazine rings is 1. The maximum atomic E-state index is 13.8. The fraction of sp³-hybridized carbons (Fsp3) is 0.633. The summed E-state index contributed by atoms with van der Waals surface area (Å²) in [6, 6.07) is 4.98. The molecule has 2 fully saturated rings. The van der Waals surface area contributed by atoms with E-state index >= 15 is 0 Å². The number of unbranched alkanes of at least 4 members (excludes halogenated alkanes) is 4. The molecule has 0 aromatic heterocycles. The molecule has 1 aromatic carbocycles. The van der Waals surface area contributed by atoms with E-state index in [1.807, 2.05) is 6.07 Å². The number of carbonyl (C=O) groups is 5. The summed E-state index contributed by atoms with van der Waals surface area (Å²) in [5, 5.41) is 20.6. The van der Waals surface area contributed by atoms with E-state index in [2.05, 4.69) is 33.9 Å². The normalized spacial score (nSPS) is 21.1. The minimum absolute atomic E-state index is 0.0936. The first-order valence-electron chi connectivity index (χ1n) is 15.1. The van der Waals surface area contributed by atoms with Gasteiger partial charge >= 0.3 is 0 Å². The van der Waals surface area contributed by atoms with Gasteiger partial charge in [0.1, 0.15) is 24.4 Å². The first-order chi connectivity index (χ1) is 20.8. The van der Waals surface area contributed by atoms with Gasteiger partial charge in [-0.1, -0.05) is 25.0 Å². The maximum Gasteiger partial charge on any atom is 0.246 e. The lowest BCUT2D eigenvalue weighted by Crippen LogP contribution is -2.61. The molecule has 0 radical (unpaired) electrons. The Morgan fingerprint density at radius 1 is 1.02 bits per heavy atom. The van der Waals surface area contributed by atoms with E-state index in [1.54, 1.807) is 23.1 Å². The van der Waals surface area contributed by atoms with E-state index in [1.165, 1.54) is 6.92 Å². The van der Waals surface area contributed by atoms with Gasteiger partial charge in [-0.25, -0.2) is 0 Å². The Balaban J connectivity index is 1.68. The third kappa shape index (κ3) is 10.1. The van der Waals surface area contributed by atoms with Crippen LogP contribution in [0.5, 0.6) is 5.75 Å². The topological polar surface area (TPSA) is 166 Å². The van der Waals surface area contributed by atoms with Gasteiger partial charge in [-0.15, -0.1) is 0 Å². The van der Waals surface area contributed by atoms with Crippen LogP contribution in [0.25, 0.3) is 0 Å². The van der Waals surface area contributed by atoms with Crippen LogP contribution in [0.2, 0.25) is 0 Å². The van der Waals surface area contributed by atoms with Crippen LogP contribution in [0.4, 0.5) is 0 Å². The van der Waals surface area contributed by atoms with Crippen LogP contribution >= 0.6 is 12.6 Å². The van der Waals surface area contributed by atoms with Crippen LogP contribution in [-0.2, 0) is 24.0 Å². The molecule has 4 atom stereocenters. The average Bonchev–Trinajstić information content (AvgIpc) is 3.41. The molecule has 13 heteroatoms. The zero-order valence-electron chi connectivity index (χ0n) is 24.8. The van der Waals surface area contributed by atoms with Crippen molar-refractivity contribution in [3.8, 4) is 5.75 Å². The van der Waals surface area contributed by atoms with Crippen LogP contribution in [0.1, 0.15) is 69.9 Å². The van der Waals surface area contributed by atoms with Crippen LogP contribution in [0.3, 0.4) is 0 Å². The maximum absolute atomic E-state index is 13.8. The minimum atomic E-state index is -0.765. The van der Waals surface area contributed by atoms with Gasteiger partial charge in [0.25, 0.3) is 0 Å². The second-order valence-corrected chi connectivity index (χ2v) is 11.3. The Morgan fingerprint density at radius 2 is 1.72 bits per heavy atom. The summed E-state index contributed by atoms with van der Waals surface area (Å²) in [6.07, 6.45) is 5.34. The molecule has 2 saturated heterocycles. The number of aliphatic hydroxyl groups is 1. The van der Waals surface area contributed by atoms with Crippen LogP contribution < -0.4 is 26.0 Å². The molecule has 3 rings (SSSR count). The van der Waals surface area contributed by atoms with E-state index in [0.29, 0.717) is 50.2 Å². The number of hydrogen-bond acceptors (Lipinski definition) is 8. The Morgan fingerprint density at radius 3 is 2.42 bits per heavy atom. The van der Waals surface area contributed by atoms with Crippen molar-refractivity contribution < 1.29 is 33.8 Å². The summed E-state index contributed by atoms with van der Waals surface area (Å²) < 4.78 is 5.60. The molecule has 43 heavy (non-hydrogen) atoms. The molecule has 0 bridgehead atoms. The van der Waals surface area contributed by atoms with Crippen molar-refractivity contribution in [1.29, 1.82) is 0 Å². The number of fused-ring (bicyclic) bond motifs is 1.